The molecule has 0 amide bonds. The van der Waals surface area contributed by atoms with Crippen molar-refractivity contribution in [2.75, 3.05) is 7.05 Å². The zero-order valence-corrected chi connectivity index (χ0v) is 11.5. The molecule has 2 rings (SSSR count). The fraction of sp³-hybridized carbons (Fsp3) is 0.429. The maximum absolute atomic E-state index is 5.66. The van der Waals surface area contributed by atoms with E-state index in [1.165, 1.54) is 5.56 Å². The van der Waals surface area contributed by atoms with Crippen LogP contribution < -0.4 is 10.1 Å². The van der Waals surface area contributed by atoms with Gasteiger partial charge in [-0.1, -0.05) is 31.1 Å². The van der Waals surface area contributed by atoms with Crippen molar-refractivity contribution in [1.82, 2.24) is 15.5 Å². The first-order chi connectivity index (χ1) is 9.19. The number of ether oxygens (including phenoxy) is 1. The lowest BCUT2D eigenvalue weighted by atomic mass is 10.2. The molecule has 1 aromatic heterocycles. The van der Waals surface area contributed by atoms with Crippen LogP contribution in [0.15, 0.2) is 28.8 Å². The predicted octanol–water partition coefficient (Wildman–Crippen LogP) is 2.49. The third-order valence-corrected chi connectivity index (χ3v) is 2.62. The van der Waals surface area contributed by atoms with Crippen molar-refractivity contribution >= 4 is 0 Å². The largest absolute Gasteiger partial charge is 0.485 e. The molecule has 0 atom stereocenters. The highest BCUT2D eigenvalue weighted by molar-refractivity contribution is 5.28. The van der Waals surface area contributed by atoms with Gasteiger partial charge < -0.3 is 14.6 Å². The molecule has 5 heteroatoms. The van der Waals surface area contributed by atoms with Crippen molar-refractivity contribution in [3.05, 3.63) is 41.5 Å². The Morgan fingerprint density at radius 2 is 2.21 bits per heavy atom. The summed E-state index contributed by atoms with van der Waals surface area (Å²) in [5.41, 5.74) is 1.18. The SMILES string of the molecule is CNCc1cccc(OCc2noc(C(C)C)n2)c1. The van der Waals surface area contributed by atoms with E-state index < -0.39 is 0 Å². The number of nitrogens with one attached hydrogen (secondary N) is 1. The Balaban J connectivity index is 1.95. The van der Waals surface area contributed by atoms with Gasteiger partial charge >= 0.3 is 0 Å². The van der Waals surface area contributed by atoms with Crippen molar-refractivity contribution in [3.63, 3.8) is 0 Å². The van der Waals surface area contributed by atoms with E-state index in [1.54, 1.807) is 0 Å². The number of hydrogen-bond acceptors (Lipinski definition) is 5. The van der Waals surface area contributed by atoms with Crippen LogP contribution in [-0.2, 0) is 13.2 Å². The Labute approximate surface area is 113 Å². The molecule has 0 saturated carbocycles. The summed E-state index contributed by atoms with van der Waals surface area (Å²) < 4.78 is 10.8. The molecule has 0 saturated heterocycles. The second-order valence-corrected chi connectivity index (χ2v) is 4.67. The second-order valence-electron chi connectivity index (χ2n) is 4.67. The molecule has 0 bridgehead atoms. The van der Waals surface area contributed by atoms with Gasteiger partial charge in [0.1, 0.15) is 5.75 Å². The van der Waals surface area contributed by atoms with Crippen LogP contribution in [0, 0.1) is 0 Å². The first kappa shape index (κ1) is 13.5. The zero-order chi connectivity index (χ0) is 13.7. The van der Waals surface area contributed by atoms with Crippen molar-refractivity contribution in [2.45, 2.75) is 32.9 Å². The van der Waals surface area contributed by atoms with Gasteiger partial charge in [0.15, 0.2) is 6.61 Å². The van der Waals surface area contributed by atoms with Crippen molar-refractivity contribution in [2.24, 2.45) is 0 Å². The maximum Gasteiger partial charge on any atom is 0.229 e. The molecular weight excluding hydrogens is 242 g/mol. The quantitative estimate of drug-likeness (QED) is 0.865. The van der Waals surface area contributed by atoms with Gasteiger partial charge in [-0.25, -0.2) is 0 Å². The molecule has 5 nitrogen and oxygen atoms in total. The molecule has 0 unspecified atom stereocenters. The molecule has 0 aliphatic heterocycles. The standard InChI is InChI=1S/C14H19N3O2/c1-10(2)14-16-13(17-19-14)9-18-12-6-4-5-11(7-12)8-15-3/h4-7,10,15H,8-9H2,1-3H3. The Kier molecular flexibility index (Phi) is 4.52. The minimum atomic E-state index is 0.236. The summed E-state index contributed by atoms with van der Waals surface area (Å²) in [7, 11) is 1.92. The van der Waals surface area contributed by atoms with Crippen LogP contribution in [0.25, 0.3) is 0 Å². The van der Waals surface area contributed by atoms with Gasteiger partial charge in [-0.05, 0) is 24.7 Å². The third kappa shape index (κ3) is 3.79. The molecule has 102 valence electrons. The molecule has 0 aliphatic rings. The number of nitrogens with zero attached hydrogens (tertiary/aromatic N) is 2. The molecule has 0 radical (unpaired) electrons. The summed E-state index contributed by atoms with van der Waals surface area (Å²) in [6, 6.07) is 7.94. The molecule has 0 fully saturated rings. The summed E-state index contributed by atoms with van der Waals surface area (Å²) in [5, 5.41) is 6.99. The van der Waals surface area contributed by atoms with E-state index >= 15 is 0 Å². The Hall–Kier alpha value is -1.88. The van der Waals surface area contributed by atoms with Gasteiger partial charge in [-0.2, -0.15) is 4.98 Å². The highest BCUT2D eigenvalue weighted by Gasteiger charge is 2.10. The second kappa shape index (κ2) is 6.33. The van der Waals surface area contributed by atoms with Gasteiger partial charge in [-0.3, -0.25) is 0 Å². The highest BCUT2D eigenvalue weighted by atomic mass is 16.5. The van der Waals surface area contributed by atoms with E-state index in [9.17, 15) is 0 Å². The highest BCUT2D eigenvalue weighted by Crippen LogP contribution is 2.15. The van der Waals surface area contributed by atoms with Gasteiger partial charge in [0, 0.05) is 12.5 Å². The van der Waals surface area contributed by atoms with E-state index in [0.29, 0.717) is 18.3 Å². The first-order valence-electron chi connectivity index (χ1n) is 6.38. The fourth-order valence-electron chi connectivity index (χ4n) is 1.66. The number of rotatable bonds is 6. The van der Waals surface area contributed by atoms with Gasteiger partial charge in [0.2, 0.25) is 11.7 Å². The third-order valence-electron chi connectivity index (χ3n) is 2.62. The van der Waals surface area contributed by atoms with Crippen LogP contribution in [0.2, 0.25) is 0 Å². The van der Waals surface area contributed by atoms with Crippen molar-refractivity contribution in [3.8, 4) is 5.75 Å². The lowest BCUT2D eigenvalue weighted by Gasteiger charge is -2.05. The summed E-state index contributed by atoms with van der Waals surface area (Å²) >= 11 is 0. The lowest BCUT2D eigenvalue weighted by Crippen LogP contribution is -2.05. The van der Waals surface area contributed by atoms with E-state index in [1.807, 2.05) is 39.1 Å². The first-order valence-corrected chi connectivity index (χ1v) is 6.38. The van der Waals surface area contributed by atoms with Crippen LogP contribution >= 0.6 is 0 Å². The summed E-state index contributed by atoms with van der Waals surface area (Å²) in [6.45, 7) is 5.16. The summed E-state index contributed by atoms with van der Waals surface area (Å²) in [6.07, 6.45) is 0. The van der Waals surface area contributed by atoms with Crippen LogP contribution in [0.5, 0.6) is 5.75 Å². The molecule has 0 spiro atoms. The number of hydrogen-bond donors (Lipinski definition) is 1. The van der Waals surface area contributed by atoms with Gasteiger partial charge in [-0.15, -0.1) is 0 Å². The minimum absolute atomic E-state index is 0.236. The Morgan fingerprint density at radius 3 is 2.89 bits per heavy atom. The van der Waals surface area contributed by atoms with E-state index in [4.69, 9.17) is 9.26 Å². The van der Waals surface area contributed by atoms with Crippen LogP contribution in [0.3, 0.4) is 0 Å². The van der Waals surface area contributed by atoms with E-state index in [2.05, 4.69) is 21.5 Å². The van der Waals surface area contributed by atoms with Gasteiger partial charge in [0.05, 0.1) is 0 Å². The van der Waals surface area contributed by atoms with E-state index in [-0.39, 0.29) is 5.92 Å². The molecular formula is C14H19N3O2. The average molecular weight is 261 g/mol. The lowest BCUT2D eigenvalue weighted by molar-refractivity contribution is 0.284. The van der Waals surface area contributed by atoms with Gasteiger partial charge in [0.25, 0.3) is 0 Å². The van der Waals surface area contributed by atoms with Crippen molar-refractivity contribution in [1.29, 1.82) is 0 Å². The monoisotopic (exact) mass is 261 g/mol. The van der Waals surface area contributed by atoms with E-state index in [0.717, 1.165) is 12.3 Å². The molecule has 1 aromatic carbocycles. The molecule has 2 aromatic rings. The maximum atomic E-state index is 5.66. The smallest absolute Gasteiger partial charge is 0.229 e. The van der Waals surface area contributed by atoms with Crippen LogP contribution in [-0.4, -0.2) is 17.2 Å². The number of benzene rings is 1. The predicted molar refractivity (Wildman–Crippen MR) is 71.9 cm³/mol. The minimum Gasteiger partial charge on any atom is -0.485 e. The normalized spacial score (nSPS) is 10.9. The molecule has 19 heavy (non-hydrogen) atoms. The number of aromatic nitrogens is 2. The summed E-state index contributed by atoms with van der Waals surface area (Å²) in [4.78, 5) is 4.27. The molecule has 1 N–H and O–H groups in total. The summed E-state index contributed by atoms with van der Waals surface area (Å²) in [5.74, 6) is 2.26. The van der Waals surface area contributed by atoms with Crippen LogP contribution in [0.1, 0.15) is 37.0 Å². The fourth-order valence-corrected chi connectivity index (χ4v) is 1.66. The molecule has 1 heterocycles. The average Bonchev–Trinajstić information content (AvgIpc) is 2.86. The Morgan fingerprint density at radius 1 is 1.37 bits per heavy atom. The van der Waals surface area contributed by atoms with Crippen LogP contribution in [0.4, 0.5) is 0 Å². The zero-order valence-electron chi connectivity index (χ0n) is 11.5. The topological polar surface area (TPSA) is 60.2 Å². The molecule has 0 aliphatic carbocycles. The Bertz CT molecular complexity index is 523. The van der Waals surface area contributed by atoms with Crippen molar-refractivity contribution < 1.29 is 9.26 Å².